The summed E-state index contributed by atoms with van der Waals surface area (Å²) in [6, 6.07) is 1.92. The van der Waals surface area contributed by atoms with Crippen molar-refractivity contribution in [2.45, 2.75) is 17.7 Å². The molecule has 1 heterocycles. The molecule has 2 N–H and O–H groups in total. The number of rotatable bonds is 6. The number of nitriles is 1. The number of aryl methyl sites for hydroxylation is 1. The first kappa shape index (κ1) is 14.5. The van der Waals surface area contributed by atoms with E-state index in [0.29, 0.717) is 16.6 Å². The maximum Gasteiger partial charge on any atom is 0.347 e. The van der Waals surface area contributed by atoms with Gasteiger partial charge in [0.1, 0.15) is 4.88 Å². The Morgan fingerprint density at radius 2 is 2.33 bits per heavy atom. The van der Waals surface area contributed by atoms with Crippen LogP contribution in [0.15, 0.2) is 4.34 Å². The van der Waals surface area contributed by atoms with Crippen LogP contribution in [0.1, 0.15) is 21.8 Å². The summed E-state index contributed by atoms with van der Waals surface area (Å²) in [4.78, 5) is 26.4. The standard InChI is InChI=1S/C10H11N3O3S2/c1-6-8(9(15)16)18-10(13-6)17-5-7(14)12-4-2-3-11/h2,4-5H2,1H3,(H,12,14)(H,15,16). The van der Waals surface area contributed by atoms with E-state index in [1.165, 1.54) is 11.8 Å². The van der Waals surface area contributed by atoms with Gasteiger partial charge in [-0.05, 0) is 6.92 Å². The number of carboxylic acid groups (broad SMARTS) is 1. The quantitative estimate of drug-likeness (QED) is 0.602. The Morgan fingerprint density at radius 1 is 1.61 bits per heavy atom. The van der Waals surface area contributed by atoms with Gasteiger partial charge in [-0.25, -0.2) is 9.78 Å². The van der Waals surface area contributed by atoms with Crippen LogP contribution in [0.25, 0.3) is 0 Å². The molecule has 1 amide bonds. The van der Waals surface area contributed by atoms with Crippen molar-refractivity contribution < 1.29 is 14.7 Å². The zero-order valence-electron chi connectivity index (χ0n) is 9.60. The van der Waals surface area contributed by atoms with Crippen LogP contribution in [0.2, 0.25) is 0 Å². The fourth-order valence-corrected chi connectivity index (χ4v) is 2.93. The monoisotopic (exact) mass is 285 g/mol. The molecule has 0 spiro atoms. The minimum Gasteiger partial charge on any atom is -0.477 e. The number of hydrogen-bond donors (Lipinski definition) is 2. The summed E-state index contributed by atoms with van der Waals surface area (Å²) in [5, 5.41) is 19.7. The molecule has 0 saturated carbocycles. The molecule has 0 aliphatic heterocycles. The lowest BCUT2D eigenvalue weighted by atomic mass is 10.4. The van der Waals surface area contributed by atoms with Gasteiger partial charge in [0.15, 0.2) is 4.34 Å². The molecular weight excluding hydrogens is 274 g/mol. The molecule has 0 radical (unpaired) electrons. The molecule has 0 bridgehead atoms. The van der Waals surface area contributed by atoms with Crippen LogP contribution in [0.3, 0.4) is 0 Å². The molecule has 8 heteroatoms. The van der Waals surface area contributed by atoms with E-state index >= 15 is 0 Å². The van der Waals surface area contributed by atoms with Crippen LogP contribution in [-0.4, -0.2) is 34.3 Å². The molecule has 0 atom stereocenters. The summed E-state index contributed by atoms with van der Waals surface area (Å²) in [5.74, 6) is -1.03. The van der Waals surface area contributed by atoms with Crippen molar-refractivity contribution in [1.29, 1.82) is 5.26 Å². The summed E-state index contributed by atoms with van der Waals surface area (Å²) in [5.41, 5.74) is 0.458. The molecule has 1 rings (SSSR count). The predicted molar refractivity (Wildman–Crippen MR) is 67.8 cm³/mol. The highest BCUT2D eigenvalue weighted by molar-refractivity contribution is 8.01. The lowest BCUT2D eigenvalue weighted by molar-refractivity contribution is -0.118. The fraction of sp³-hybridized carbons (Fsp3) is 0.400. The Hall–Kier alpha value is -1.59. The molecule has 0 aliphatic rings. The third-order valence-corrected chi connectivity index (χ3v) is 4.15. The molecule has 1 aromatic rings. The summed E-state index contributed by atoms with van der Waals surface area (Å²) in [7, 11) is 0. The van der Waals surface area contributed by atoms with Crippen LogP contribution in [-0.2, 0) is 4.79 Å². The topological polar surface area (TPSA) is 103 Å². The van der Waals surface area contributed by atoms with E-state index in [-0.39, 0.29) is 23.0 Å². The Labute approximate surface area is 112 Å². The van der Waals surface area contributed by atoms with Gasteiger partial charge in [-0.1, -0.05) is 11.8 Å². The summed E-state index contributed by atoms with van der Waals surface area (Å²) in [6.45, 7) is 1.95. The average Bonchev–Trinajstić information content (AvgIpc) is 2.68. The Kier molecular flexibility index (Phi) is 5.61. The predicted octanol–water partition coefficient (Wildman–Crippen LogP) is 1.27. The number of carbonyl (C=O) groups is 2. The van der Waals surface area contributed by atoms with Gasteiger partial charge in [-0.2, -0.15) is 5.26 Å². The van der Waals surface area contributed by atoms with Crippen LogP contribution < -0.4 is 5.32 Å². The van der Waals surface area contributed by atoms with Gasteiger partial charge in [-0.3, -0.25) is 4.79 Å². The van der Waals surface area contributed by atoms with Crippen LogP contribution in [0.4, 0.5) is 0 Å². The number of thioether (sulfide) groups is 1. The maximum absolute atomic E-state index is 11.3. The molecule has 96 valence electrons. The van der Waals surface area contributed by atoms with Crippen molar-refractivity contribution in [2.24, 2.45) is 0 Å². The first-order chi connectivity index (χ1) is 8.54. The van der Waals surface area contributed by atoms with Gasteiger partial charge < -0.3 is 10.4 Å². The SMILES string of the molecule is Cc1nc(SCC(=O)NCCC#N)sc1C(=O)O. The minimum absolute atomic E-state index is 0.164. The number of carboxylic acids is 1. The number of thiazole rings is 1. The number of nitrogens with zero attached hydrogens (tertiary/aromatic N) is 2. The largest absolute Gasteiger partial charge is 0.477 e. The van der Waals surface area contributed by atoms with Gasteiger partial charge in [0.2, 0.25) is 5.91 Å². The Bertz CT molecular complexity index is 493. The number of aromatic nitrogens is 1. The van der Waals surface area contributed by atoms with Crippen LogP contribution in [0, 0.1) is 18.3 Å². The Morgan fingerprint density at radius 3 is 2.89 bits per heavy atom. The number of amides is 1. The van der Waals surface area contributed by atoms with Crippen molar-refractivity contribution in [3.63, 3.8) is 0 Å². The second-order valence-corrected chi connectivity index (χ2v) is 5.47. The number of nitrogens with one attached hydrogen (secondary N) is 1. The lowest BCUT2D eigenvalue weighted by Gasteiger charge is -2.00. The van der Waals surface area contributed by atoms with E-state index < -0.39 is 5.97 Å². The van der Waals surface area contributed by atoms with Gasteiger partial charge in [0, 0.05) is 6.54 Å². The summed E-state index contributed by atoms with van der Waals surface area (Å²) in [6.07, 6.45) is 0.274. The van der Waals surface area contributed by atoms with E-state index in [1.807, 2.05) is 6.07 Å². The second kappa shape index (κ2) is 6.98. The van der Waals surface area contributed by atoms with E-state index in [4.69, 9.17) is 10.4 Å². The zero-order valence-corrected chi connectivity index (χ0v) is 11.2. The minimum atomic E-state index is -1.00. The maximum atomic E-state index is 11.3. The second-order valence-electron chi connectivity index (χ2n) is 3.25. The molecular formula is C10H11N3O3S2. The molecule has 0 unspecified atom stereocenters. The molecule has 0 saturated heterocycles. The Balaban J connectivity index is 2.44. The number of carbonyl (C=O) groups excluding carboxylic acids is 1. The summed E-state index contributed by atoms with van der Waals surface area (Å²) < 4.78 is 0.556. The van der Waals surface area contributed by atoms with E-state index in [0.717, 1.165) is 11.3 Å². The van der Waals surface area contributed by atoms with E-state index in [9.17, 15) is 9.59 Å². The van der Waals surface area contributed by atoms with E-state index in [1.54, 1.807) is 6.92 Å². The molecule has 0 aliphatic carbocycles. The van der Waals surface area contributed by atoms with Gasteiger partial charge >= 0.3 is 5.97 Å². The third-order valence-electron chi connectivity index (χ3n) is 1.86. The third kappa shape index (κ3) is 4.35. The van der Waals surface area contributed by atoms with E-state index in [2.05, 4.69) is 10.3 Å². The highest BCUT2D eigenvalue weighted by Gasteiger charge is 2.14. The zero-order chi connectivity index (χ0) is 13.5. The van der Waals surface area contributed by atoms with Crippen molar-refractivity contribution in [3.05, 3.63) is 10.6 Å². The van der Waals surface area contributed by atoms with Crippen LogP contribution in [0.5, 0.6) is 0 Å². The highest BCUT2D eigenvalue weighted by atomic mass is 32.2. The van der Waals surface area contributed by atoms with Crippen LogP contribution >= 0.6 is 23.1 Å². The fourth-order valence-electron chi connectivity index (χ4n) is 1.07. The van der Waals surface area contributed by atoms with Gasteiger partial charge in [0.05, 0.1) is 23.9 Å². The highest BCUT2D eigenvalue weighted by Crippen LogP contribution is 2.26. The molecule has 1 aromatic heterocycles. The summed E-state index contributed by atoms with van der Waals surface area (Å²) >= 11 is 2.25. The average molecular weight is 285 g/mol. The smallest absolute Gasteiger partial charge is 0.347 e. The number of aromatic carboxylic acids is 1. The normalized spacial score (nSPS) is 9.78. The molecule has 18 heavy (non-hydrogen) atoms. The van der Waals surface area contributed by atoms with Crippen molar-refractivity contribution in [1.82, 2.24) is 10.3 Å². The van der Waals surface area contributed by atoms with Crippen molar-refractivity contribution in [2.75, 3.05) is 12.3 Å². The number of hydrogen-bond acceptors (Lipinski definition) is 6. The molecule has 0 aromatic carbocycles. The first-order valence-electron chi connectivity index (χ1n) is 5.01. The first-order valence-corrected chi connectivity index (χ1v) is 6.82. The van der Waals surface area contributed by atoms with Gasteiger partial charge in [-0.15, -0.1) is 11.3 Å². The lowest BCUT2D eigenvalue weighted by Crippen LogP contribution is -2.25. The molecule has 6 nitrogen and oxygen atoms in total. The molecule has 0 fully saturated rings. The van der Waals surface area contributed by atoms with Gasteiger partial charge in [0.25, 0.3) is 0 Å². The van der Waals surface area contributed by atoms with Crippen molar-refractivity contribution in [3.8, 4) is 6.07 Å². The van der Waals surface area contributed by atoms with Crippen molar-refractivity contribution >= 4 is 35.0 Å².